The van der Waals surface area contributed by atoms with Gasteiger partial charge in [0.2, 0.25) is 106 Å². The number of benzene rings is 3. The smallest absolute Gasteiger partial charge is 0.326 e. The second kappa shape index (κ2) is 63.9. The fourth-order valence-electron chi connectivity index (χ4n) is 15.7. The van der Waals surface area contributed by atoms with Gasteiger partial charge in [0, 0.05) is 64.6 Å². The highest BCUT2D eigenvalue weighted by molar-refractivity contribution is 6.02. The molecule has 2 saturated heterocycles. The number of nitrogens with one attached hydrogen (secondary N) is 16. The first-order valence-electron chi connectivity index (χ1n) is 48.4. The zero-order chi connectivity index (χ0) is 112. The Hall–Kier alpha value is -16.4. The molecule has 18 amide bonds. The summed E-state index contributed by atoms with van der Waals surface area (Å²) in [7, 11) is 0. The van der Waals surface area contributed by atoms with Crippen LogP contribution in [0.2, 0.25) is 0 Å². The number of likely N-dealkylation sites (tertiary alicyclic amines) is 2. The minimum absolute atomic E-state index is 0.0598. The predicted molar refractivity (Wildman–Crippen MR) is 525 cm³/mol. The number of carbonyl (C=O) groups excluding carboxylic acids is 19. The Bertz CT molecular complexity index is 5290. The van der Waals surface area contributed by atoms with Crippen LogP contribution in [-0.2, 0) is 139 Å². The average molecular weight is 2110 g/mol. The molecule has 0 aromatic heterocycles. The third-order valence-corrected chi connectivity index (χ3v) is 23.8. The summed E-state index contributed by atoms with van der Waals surface area (Å²) in [6.45, 7) is 2.26. The zero-order valence-corrected chi connectivity index (χ0v) is 83.2. The van der Waals surface area contributed by atoms with E-state index in [1.807, 2.05) is 18.2 Å². The van der Waals surface area contributed by atoms with Crippen LogP contribution < -0.4 is 108 Å². The van der Waals surface area contributed by atoms with Crippen molar-refractivity contribution in [3.8, 4) is 5.75 Å². The standard InChI is InChI=1S/C95H135N23O32/c1-5-51(4)81(93(148)118-38-14-21-68(118)91(146)111-60(29-34-78(131)132)83(138)108-59(28-33-77(129)130)84(139)114-65(42-54-22-24-55(119)25-23-54)88(143)113-63(39-50(2)3)86(141)112-62(94(149)150)26-31-70(97)121)116-85(140)61(30-35-79(133)134)109-82(137)58(27-32-76(127)128)110-87(142)64(41-53-17-10-7-11-18-53)115-89(144)66(43-80(135)136)106-75(126)49-105-74(125)48-104-73(124)47-103-72(123)46-102-71(122)45-100-44-69(120)57(19-12-36-101-95(98)99)107-90(145)67-20-13-37-117(67)92(147)56(96)40-52-15-8-6-9-16-52/h6-11,15-18,22-25,50-51,56-68,81,100,119H,5,12-14,19-21,26-49,96H2,1-4H3,(H2,97,121)(H,102,122)(H,103,123)(H,104,124)(H,105,125)(H,106,126)(H,107,145)(H,108,138)(H,109,137)(H,110,142)(H,111,146)(H,112,141)(H,113,143)(H,114,139)(H,115,144)(H,116,140)(H,127,128)(H,129,130)(H,131,132)(H,133,134)(H,135,136)(H,149,150)(H4,98,99,101)/t51-,56-,57+,58+,59+,60+,61+,62+,63+,64+,65+,66+,67+,68+,81+/m1/s1. The number of aliphatic imine (C=N–C) groups is 1. The maximum Gasteiger partial charge on any atom is 0.326 e. The van der Waals surface area contributed by atoms with Gasteiger partial charge < -0.3 is 154 Å². The van der Waals surface area contributed by atoms with Gasteiger partial charge in [0.15, 0.2) is 11.7 Å². The van der Waals surface area contributed by atoms with E-state index in [4.69, 9.17) is 22.9 Å². The minimum atomic E-state index is -2.06. The number of carboxylic acids is 6. The van der Waals surface area contributed by atoms with E-state index in [9.17, 15) is 151 Å². The van der Waals surface area contributed by atoms with Crippen LogP contribution in [0.25, 0.3) is 0 Å². The fourth-order valence-corrected chi connectivity index (χ4v) is 15.7. The average Bonchev–Trinajstić information content (AvgIpc) is 1.66. The number of hydrogen-bond acceptors (Lipinski definition) is 29. The van der Waals surface area contributed by atoms with Crippen LogP contribution in [-0.4, -0.2) is 343 Å². The minimum Gasteiger partial charge on any atom is -0.508 e. The monoisotopic (exact) mass is 2110 g/mol. The van der Waals surface area contributed by atoms with Gasteiger partial charge in [-0.15, -0.1) is 0 Å². The zero-order valence-electron chi connectivity index (χ0n) is 83.2. The second-order valence-corrected chi connectivity index (χ2v) is 36.2. The molecule has 55 nitrogen and oxygen atoms in total. The molecule has 0 bridgehead atoms. The van der Waals surface area contributed by atoms with E-state index < -0.39 is 361 Å². The quantitative estimate of drug-likeness (QED) is 0.0142. The van der Waals surface area contributed by atoms with Crippen LogP contribution in [0, 0.1) is 11.8 Å². The molecular formula is C95H135N23O32. The number of phenolic OH excluding ortho intramolecular Hbond substituents is 1. The van der Waals surface area contributed by atoms with Crippen molar-refractivity contribution in [2.24, 2.45) is 39.8 Å². The molecule has 15 atom stereocenters. The van der Waals surface area contributed by atoms with Crippen molar-refractivity contribution in [3.05, 3.63) is 102 Å². The number of Topliss-reactive ketones (excluding diaryl/α,β-unsaturated/α-hetero) is 1. The summed E-state index contributed by atoms with van der Waals surface area (Å²) in [6.07, 6.45) is -8.37. The molecule has 0 aliphatic carbocycles. The number of nitrogens with two attached hydrogens (primary N) is 4. The summed E-state index contributed by atoms with van der Waals surface area (Å²) >= 11 is 0. The lowest BCUT2D eigenvalue weighted by molar-refractivity contribution is -0.144. The molecule has 55 heteroatoms. The Morgan fingerprint density at radius 3 is 1.17 bits per heavy atom. The number of rotatable bonds is 68. The van der Waals surface area contributed by atoms with Gasteiger partial charge >= 0.3 is 35.8 Å². The number of aromatic hydroxyl groups is 1. The van der Waals surface area contributed by atoms with Crippen molar-refractivity contribution in [2.75, 3.05) is 58.9 Å². The Morgan fingerprint density at radius 1 is 0.380 bits per heavy atom. The lowest BCUT2D eigenvalue weighted by Gasteiger charge is -2.33. The lowest BCUT2D eigenvalue weighted by atomic mass is 9.96. The van der Waals surface area contributed by atoms with E-state index in [0.717, 1.165) is 10.5 Å². The maximum absolute atomic E-state index is 15.0. The van der Waals surface area contributed by atoms with Crippen LogP contribution in [0.4, 0.5) is 0 Å². The molecule has 150 heavy (non-hydrogen) atoms. The molecule has 3 aromatic carbocycles. The van der Waals surface area contributed by atoms with Crippen LogP contribution in [0.5, 0.6) is 5.75 Å². The number of primary amides is 1. The van der Waals surface area contributed by atoms with Crippen molar-refractivity contribution < 1.29 is 156 Å². The SMILES string of the molecule is CC[C@@H](C)[C@H](NC(=O)[C@H](CCC(=O)O)NC(=O)[C@H](CCC(=O)O)NC(=O)[C@H](Cc1ccccc1)NC(=O)[C@H](CC(=O)O)NC(=O)CNC(=O)CNC(=O)CNC(=O)CNC(=O)CNCC(=O)[C@H](CCCN=C(N)N)NC(=O)[C@@H]1CCCN1C(=O)[C@H](N)Cc1ccccc1)C(=O)N1CCC[C@H]1C(=O)N[C@@H](CCC(=O)O)C(=O)N[C@@H](CCC(=O)O)C(=O)N[C@@H](Cc1ccc(O)cc1)C(=O)N[C@@H](CC(C)C)C(=O)N[C@@H](CCC(N)=O)C(=O)O. The van der Waals surface area contributed by atoms with Crippen LogP contribution in [0.15, 0.2) is 89.9 Å². The summed E-state index contributed by atoms with van der Waals surface area (Å²) < 4.78 is 0. The lowest BCUT2D eigenvalue weighted by Crippen LogP contribution is -2.61. The van der Waals surface area contributed by atoms with E-state index in [-0.39, 0.29) is 87.8 Å². The predicted octanol–water partition coefficient (Wildman–Crippen LogP) is -7.88. The molecule has 2 fully saturated rings. The number of carbonyl (C=O) groups is 25. The molecule has 0 spiro atoms. The first-order valence-corrected chi connectivity index (χ1v) is 48.4. The molecule has 0 saturated carbocycles. The van der Waals surface area contributed by atoms with Gasteiger partial charge in [-0.05, 0) is 124 Å². The topological polar surface area (TPSA) is 884 Å². The van der Waals surface area contributed by atoms with Gasteiger partial charge in [-0.25, -0.2) is 4.79 Å². The first kappa shape index (κ1) is 124. The van der Waals surface area contributed by atoms with Gasteiger partial charge in [-0.1, -0.05) is 107 Å². The third-order valence-electron chi connectivity index (χ3n) is 23.8. The Morgan fingerprint density at radius 2 is 0.747 bits per heavy atom. The molecule has 822 valence electrons. The van der Waals surface area contributed by atoms with Crippen molar-refractivity contribution in [3.63, 3.8) is 0 Å². The Labute approximate surface area is 860 Å². The van der Waals surface area contributed by atoms with Gasteiger partial charge in [0.05, 0.1) is 57.8 Å². The van der Waals surface area contributed by atoms with Crippen molar-refractivity contribution >= 4 is 154 Å². The molecule has 0 radical (unpaired) electrons. The molecule has 3 aromatic rings. The molecule has 0 unspecified atom stereocenters. The maximum atomic E-state index is 15.0. The number of phenols is 1. The second-order valence-electron chi connectivity index (χ2n) is 36.2. The number of aliphatic carboxylic acids is 6. The molecule has 2 aliphatic rings. The Kier molecular flexibility index (Phi) is 52.8. The summed E-state index contributed by atoms with van der Waals surface area (Å²) in [6, 6.07) is -1.10. The number of hydrogen-bond donors (Lipinski definition) is 27. The largest absolute Gasteiger partial charge is 0.508 e. The summed E-state index contributed by atoms with van der Waals surface area (Å²) in [5.74, 6) is -30.5. The van der Waals surface area contributed by atoms with Crippen molar-refractivity contribution in [1.29, 1.82) is 0 Å². The summed E-state index contributed by atoms with van der Waals surface area (Å²) in [5.41, 5.74) is 23.8. The van der Waals surface area contributed by atoms with E-state index in [0.29, 0.717) is 18.4 Å². The van der Waals surface area contributed by atoms with Crippen molar-refractivity contribution in [2.45, 2.75) is 254 Å². The first-order chi connectivity index (χ1) is 70.9. The van der Waals surface area contributed by atoms with E-state index in [1.165, 1.54) is 60.4 Å². The number of guanidine groups is 1. The fraction of sp³-hybridized carbons (Fsp3) is 0.537. The molecule has 2 aliphatic heterocycles. The summed E-state index contributed by atoms with van der Waals surface area (Å²) in [5, 5.41) is 107. The van der Waals surface area contributed by atoms with Gasteiger partial charge in [-0.3, -0.25) is 120 Å². The number of amides is 18. The van der Waals surface area contributed by atoms with Crippen LogP contribution >= 0.6 is 0 Å². The highest BCUT2D eigenvalue weighted by Gasteiger charge is 2.44. The van der Waals surface area contributed by atoms with E-state index in [2.05, 4.69) is 90.1 Å². The number of nitrogens with zero attached hydrogens (tertiary/aromatic N) is 3. The number of carboxylic acid groups (broad SMARTS) is 6. The highest BCUT2D eigenvalue weighted by Crippen LogP contribution is 2.25. The van der Waals surface area contributed by atoms with Gasteiger partial charge in [0.25, 0.3) is 0 Å². The van der Waals surface area contributed by atoms with Crippen LogP contribution in [0.1, 0.15) is 166 Å². The number of ketones is 1. The Balaban J connectivity index is 1.23. The molecular weight excluding hydrogens is 1980 g/mol. The summed E-state index contributed by atoms with van der Waals surface area (Å²) in [4.78, 5) is 341. The highest BCUT2D eigenvalue weighted by atomic mass is 16.4. The molecule has 5 rings (SSSR count). The van der Waals surface area contributed by atoms with Gasteiger partial charge in [-0.2, -0.15) is 0 Å². The van der Waals surface area contributed by atoms with Crippen molar-refractivity contribution in [1.82, 2.24) is 94.9 Å². The van der Waals surface area contributed by atoms with Gasteiger partial charge in [0.1, 0.15) is 78.3 Å². The normalized spacial score (nSPS) is 15.6. The molecule has 2 heterocycles. The van der Waals surface area contributed by atoms with E-state index >= 15 is 4.79 Å². The van der Waals surface area contributed by atoms with E-state index in [1.54, 1.807) is 39.0 Å². The third kappa shape index (κ3) is 45.7. The molecule has 31 N–H and O–H groups in total. The van der Waals surface area contributed by atoms with Crippen LogP contribution in [0.3, 0.4) is 0 Å².